The number of nitrogens with zero attached hydrogens (tertiary/aromatic N) is 5. The third-order valence-corrected chi connectivity index (χ3v) is 6.81. The first-order valence-corrected chi connectivity index (χ1v) is 12.6. The van der Waals surface area contributed by atoms with E-state index in [1.807, 2.05) is 48.1 Å². The molecule has 8 nitrogen and oxygen atoms in total. The lowest BCUT2D eigenvalue weighted by Gasteiger charge is -2.31. The van der Waals surface area contributed by atoms with Crippen molar-refractivity contribution >= 4 is 23.6 Å². The molecule has 3 heterocycles. The van der Waals surface area contributed by atoms with Gasteiger partial charge in [0.15, 0.2) is 0 Å². The molecule has 36 heavy (non-hydrogen) atoms. The molecule has 186 valence electrons. The Bertz CT molecular complexity index is 1270. The van der Waals surface area contributed by atoms with Crippen LogP contribution < -0.4 is 10.2 Å². The number of benzene rings is 1. The number of cyclic esters (lactones) is 1. The number of allylic oxidation sites excluding steroid dienone is 4. The Hall–Kier alpha value is -3.94. The predicted octanol–water partition coefficient (Wildman–Crippen LogP) is 6.08. The highest BCUT2D eigenvalue weighted by Crippen LogP contribution is 2.38. The summed E-state index contributed by atoms with van der Waals surface area (Å²) in [6, 6.07) is 11.6. The number of amides is 1. The molecular formula is C28H32N6O2. The smallest absolute Gasteiger partial charge is 0.416 e. The molecule has 1 aliphatic carbocycles. The predicted molar refractivity (Wildman–Crippen MR) is 140 cm³/mol. The van der Waals surface area contributed by atoms with E-state index in [0.717, 1.165) is 48.9 Å². The third-order valence-electron chi connectivity index (χ3n) is 6.81. The minimum Gasteiger partial charge on any atom is -0.446 e. The van der Waals surface area contributed by atoms with E-state index in [1.165, 1.54) is 0 Å². The monoisotopic (exact) mass is 484 g/mol. The first kappa shape index (κ1) is 23.8. The molecule has 0 saturated carbocycles. The number of nitrogens with one attached hydrogen (secondary N) is 1. The van der Waals surface area contributed by atoms with Crippen molar-refractivity contribution in [3.05, 3.63) is 84.3 Å². The largest absolute Gasteiger partial charge is 0.446 e. The van der Waals surface area contributed by atoms with Crippen LogP contribution in [0.1, 0.15) is 63.1 Å². The molecule has 5 rings (SSSR count). The summed E-state index contributed by atoms with van der Waals surface area (Å²) in [5, 5.41) is 8.10. The Morgan fingerprint density at radius 2 is 2.06 bits per heavy atom. The van der Waals surface area contributed by atoms with Crippen LogP contribution in [0.2, 0.25) is 0 Å². The minimum absolute atomic E-state index is 0.00634. The molecule has 1 fully saturated rings. The number of carbonyl (C=O) groups is 1. The molecule has 0 spiro atoms. The van der Waals surface area contributed by atoms with Gasteiger partial charge in [-0.15, -0.1) is 0 Å². The quantitative estimate of drug-likeness (QED) is 0.396. The van der Waals surface area contributed by atoms with E-state index in [0.29, 0.717) is 11.8 Å². The van der Waals surface area contributed by atoms with Crippen molar-refractivity contribution in [2.24, 2.45) is 0 Å². The fourth-order valence-electron chi connectivity index (χ4n) is 4.75. The van der Waals surface area contributed by atoms with Gasteiger partial charge in [-0.3, -0.25) is 0 Å². The van der Waals surface area contributed by atoms with Crippen molar-refractivity contribution in [3.8, 4) is 0 Å². The number of carbonyl (C=O) groups excluding carboxylic acids is 1. The lowest BCUT2D eigenvalue weighted by Crippen LogP contribution is -2.43. The molecule has 2 atom stereocenters. The fraction of sp³-hybridized carbons (Fsp3) is 0.357. The molecule has 1 amide bonds. The highest BCUT2D eigenvalue weighted by atomic mass is 16.6. The average molecular weight is 485 g/mol. The highest BCUT2D eigenvalue weighted by molar-refractivity contribution is 5.90. The first-order valence-electron chi connectivity index (χ1n) is 12.6. The number of anilines is 2. The Balaban J connectivity index is 1.41. The minimum atomic E-state index is -0.659. The van der Waals surface area contributed by atoms with Crippen LogP contribution in [0, 0.1) is 0 Å². The number of rotatable bonds is 9. The second-order valence-electron chi connectivity index (χ2n) is 9.43. The van der Waals surface area contributed by atoms with Gasteiger partial charge >= 0.3 is 6.09 Å². The van der Waals surface area contributed by atoms with E-state index in [2.05, 4.69) is 46.7 Å². The lowest BCUT2D eigenvalue weighted by atomic mass is 9.92. The van der Waals surface area contributed by atoms with Crippen molar-refractivity contribution in [3.63, 3.8) is 0 Å². The van der Waals surface area contributed by atoms with Crippen molar-refractivity contribution in [2.75, 3.05) is 16.8 Å². The van der Waals surface area contributed by atoms with Crippen LogP contribution in [-0.4, -0.2) is 32.4 Å². The summed E-state index contributed by atoms with van der Waals surface area (Å²) >= 11 is 0. The number of hydrogen-bond donors (Lipinski definition) is 1. The summed E-state index contributed by atoms with van der Waals surface area (Å²) < 4.78 is 7.40. The maximum atomic E-state index is 12.8. The van der Waals surface area contributed by atoms with E-state index < -0.39 is 11.6 Å². The molecule has 1 aliphatic heterocycles. The zero-order chi connectivity index (χ0) is 25.0. The lowest BCUT2D eigenvalue weighted by molar-refractivity contribution is 0.174. The van der Waals surface area contributed by atoms with Gasteiger partial charge < -0.3 is 10.1 Å². The third kappa shape index (κ3) is 4.76. The summed E-state index contributed by atoms with van der Waals surface area (Å²) in [5.74, 6) is 0.969. The van der Waals surface area contributed by atoms with Gasteiger partial charge in [-0.25, -0.2) is 19.4 Å². The Morgan fingerprint density at radius 1 is 1.19 bits per heavy atom. The van der Waals surface area contributed by atoms with E-state index in [4.69, 9.17) is 9.72 Å². The van der Waals surface area contributed by atoms with Crippen LogP contribution in [-0.2, 0) is 10.3 Å². The van der Waals surface area contributed by atoms with Gasteiger partial charge in [-0.1, -0.05) is 62.2 Å². The Kier molecular flexibility index (Phi) is 6.84. The van der Waals surface area contributed by atoms with Gasteiger partial charge in [-0.05, 0) is 43.9 Å². The van der Waals surface area contributed by atoms with Crippen molar-refractivity contribution in [2.45, 2.75) is 57.5 Å². The molecule has 0 radical (unpaired) electrons. The number of aromatic nitrogens is 4. The molecular weight excluding hydrogens is 452 g/mol. The van der Waals surface area contributed by atoms with Crippen LogP contribution in [0.15, 0.2) is 73.2 Å². The Labute approximate surface area is 211 Å². The van der Waals surface area contributed by atoms with Gasteiger partial charge in [0.2, 0.25) is 5.95 Å². The first-order chi connectivity index (χ1) is 17.6. The van der Waals surface area contributed by atoms with Gasteiger partial charge in [-0.2, -0.15) is 10.1 Å². The maximum Gasteiger partial charge on any atom is 0.416 e. The average Bonchev–Trinajstić information content (AvgIpc) is 3.53. The summed E-state index contributed by atoms with van der Waals surface area (Å²) in [5.41, 5.74) is 2.50. The van der Waals surface area contributed by atoms with E-state index in [1.54, 1.807) is 17.2 Å². The van der Waals surface area contributed by atoms with Crippen LogP contribution in [0.25, 0.3) is 5.70 Å². The second-order valence-corrected chi connectivity index (χ2v) is 9.43. The summed E-state index contributed by atoms with van der Waals surface area (Å²) in [7, 11) is 0. The number of unbranched alkanes of at least 4 members (excludes halogenated alkanes) is 1. The fourth-order valence-corrected chi connectivity index (χ4v) is 4.75. The zero-order valence-corrected chi connectivity index (χ0v) is 20.8. The van der Waals surface area contributed by atoms with E-state index >= 15 is 0 Å². The van der Waals surface area contributed by atoms with Crippen molar-refractivity contribution in [1.29, 1.82) is 0 Å². The molecule has 3 aromatic rings. The molecule has 2 aliphatic rings. The summed E-state index contributed by atoms with van der Waals surface area (Å²) in [4.78, 5) is 23.7. The molecule has 8 heteroatoms. The second kappa shape index (κ2) is 10.4. The summed E-state index contributed by atoms with van der Waals surface area (Å²) in [6.45, 7) is 4.43. The number of ether oxygens (including phenoxy) is 1. The molecule has 1 N–H and O–H groups in total. The zero-order valence-electron chi connectivity index (χ0n) is 20.8. The Morgan fingerprint density at radius 3 is 2.83 bits per heavy atom. The van der Waals surface area contributed by atoms with Crippen LogP contribution in [0.5, 0.6) is 0 Å². The van der Waals surface area contributed by atoms with Gasteiger partial charge in [0.25, 0.3) is 0 Å². The van der Waals surface area contributed by atoms with Crippen LogP contribution in [0.3, 0.4) is 0 Å². The highest BCUT2D eigenvalue weighted by Gasteiger charge is 2.46. The topological polar surface area (TPSA) is 85.2 Å². The molecule has 2 aromatic heterocycles. The molecule has 1 saturated heterocycles. The maximum absolute atomic E-state index is 12.8. The van der Waals surface area contributed by atoms with E-state index in [-0.39, 0.29) is 12.6 Å². The van der Waals surface area contributed by atoms with Crippen LogP contribution in [0.4, 0.5) is 16.6 Å². The normalized spacial score (nSPS) is 20.2. The SMILES string of the molecule is CCCCC(Nc1nccc(N2C(=O)OC[C@@]2(C)c2ccccc2)n1)c1cnn(C2=CCCC=C2)c1. The summed E-state index contributed by atoms with van der Waals surface area (Å²) in [6.07, 6.45) is 16.9. The van der Waals surface area contributed by atoms with Crippen molar-refractivity contribution in [1.82, 2.24) is 19.7 Å². The van der Waals surface area contributed by atoms with Gasteiger partial charge in [0.1, 0.15) is 18.0 Å². The molecule has 1 unspecified atom stereocenters. The van der Waals surface area contributed by atoms with Crippen molar-refractivity contribution < 1.29 is 9.53 Å². The molecule has 1 aromatic carbocycles. The van der Waals surface area contributed by atoms with Gasteiger partial charge in [0.05, 0.1) is 17.9 Å². The molecule has 0 bridgehead atoms. The van der Waals surface area contributed by atoms with E-state index in [9.17, 15) is 4.79 Å². The number of hydrogen-bond acceptors (Lipinski definition) is 6. The van der Waals surface area contributed by atoms with Gasteiger partial charge in [0, 0.05) is 18.0 Å². The van der Waals surface area contributed by atoms with Crippen LogP contribution >= 0.6 is 0 Å². The standard InChI is InChI=1S/C28H32N6O2/c1-3-4-15-24(21-18-30-33(19-21)23-13-9-6-10-14-23)31-26-29-17-16-25(32-26)34-27(35)36-20-28(34,2)22-11-7-5-8-12-22/h5,7-9,11-14,16-19,24H,3-4,6,10,15,20H2,1-2H3,(H,29,31,32)/t24?,28-/m0/s1.